The number of nitrogens with two attached hydrogens (primary N) is 2. The zero-order valence-corrected chi connectivity index (χ0v) is 16.8. The molecular formula is C21H16F2N8O. The molecule has 0 aliphatic rings. The van der Waals surface area contributed by atoms with Crippen LogP contribution in [0.4, 0.5) is 32.3 Å². The molecule has 32 heavy (non-hydrogen) atoms. The molecular weight excluding hydrogens is 418 g/mol. The second-order valence-corrected chi connectivity index (χ2v) is 6.66. The zero-order valence-electron chi connectivity index (χ0n) is 16.8. The SMILES string of the molecule is CCN(c1nc(N)nc(N)c1C#N)c1nc2c(F)ccc(F)c2c(=O)n1-c1ccccc1. The molecule has 11 heteroatoms. The van der Waals surface area contributed by atoms with Crippen LogP contribution >= 0.6 is 0 Å². The minimum atomic E-state index is -0.911. The summed E-state index contributed by atoms with van der Waals surface area (Å²) in [6.45, 7) is 1.83. The molecule has 160 valence electrons. The van der Waals surface area contributed by atoms with E-state index in [2.05, 4.69) is 15.0 Å². The van der Waals surface area contributed by atoms with Gasteiger partial charge in [0.25, 0.3) is 5.56 Å². The number of nitriles is 1. The van der Waals surface area contributed by atoms with Gasteiger partial charge in [-0.25, -0.2) is 18.3 Å². The molecule has 0 bridgehead atoms. The summed E-state index contributed by atoms with van der Waals surface area (Å²) >= 11 is 0. The van der Waals surface area contributed by atoms with Crippen LogP contribution in [0, 0.1) is 23.0 Å². The van der Waals surface area contributed by atoms with Gasteiger partial charge in [-0.05, 0) is 31.2 Å². The van der Waals surface area contributed by atoms with E-state index in [4.69, 9.17) is 11.5 Å². The van der Waals surface area contributed by atoms with Crippen molar-refractivity contribution in [2.24, 2.45) is 0 Å². The van der Waals surface area contributed by atoms with Gasteiger partial charge in [0.15, 0.2) is 5.82 Å². The maximum absolute atomic E-state index is 14.6. The first-order valence-electron chi connectivity index (χ1n) is 9.44. The number of para-hydroxylation sites is 1. The number of rotatable bonds is 4. The van der Waals surface area contributed by atoms with Gasteiger partial charge in [-0.3, -0.25) is 9.69 Å². The Morgan fingerprint density at radius 2 is 1.75 bits per heavy atom. The predicted octanol–water partition coefficient (Wildman–Crippen LogP) is 2.65. The van der Waals surface area contributed by atoms with E-state index in [1.165, 1.54) is 4.90 Å². The van der Waals surface area contributed by atoms with Crippen molar-refractivity contribution in [3.8, 4) is 11.8 Å². The predicted molar refractivity (Wildman–Crippen MR) is 116 cm³/mol. The highest BCUT2D eigenvalue weighted by Crippen LogP contribution is 2.30. The van der Waals surface area contributed by atoms with Crippen molar-refractivity contribution in [3.63, 3.8) is 0 Å². The maximum atomic E-state index is 14.6. The molecule has 9 nitrogen and oxygen atoms in total. The van der Waals surface area contributed by atoms with Crippen LogP contribution in [0.15, 0.2) is 47.3 Å². The standard InChI is InChI=1S/C21H16F2N8O/c1-2-30(18-12(10-24)17(25)28-20(26)29-18)21-27-16-14(23)9-8-13(22)15(16)19(32)31(21)11-6-4-3-5-7-11/h3-9H,2H2,1H3,(H4,25,26,28,29). The van der Waals surface area contributed by atoms with Crippen LogP contribution < -0.4 is 21.9 Å². The molecule has 0 spiro atoms. The van der Waals surface area contributed by atoms with Crippen LogP contribution in [0.2, 0.25) is 0 Å². The van der Waals surface area contributed by atoms with Crippen molar-refractivity contribution in [2.45, 2.75) is 6.92 Å². The van der Waals surface area contributed by atoms with E-state index in [0.29, 0.717) is 5.69 Å². The van der Waals surface area contributed by atoms with Crippen molar-refractivity contribution >= 4 is 34.4 Å². The van der Waals surface area contributed by atoms with Gasteiger partial charge in [-0.2, -0.15) is 15.2 Å². The number of hydrogen-bond acceptors (Lipinski definition) is 8. The third kappa shape index (κ3) is 3.24. The Hall–Kier alpha value is -4.59. The Kier molecular flexibility index (Phi) is 5.11. The van der Waals surface area contributed by atoms with Gasteiger partial charge in [0.1, 0.15) is 40.0 Å². The van der Waals surface area contributed by atoms with E-state index in [9.17, 15) is 18.8 Å². The van der Waals surface area contributed by atoms with Gasteiger partial charge in [-0.1, -0.05) is 18.2 Å². The lowest BCUT2D eigenvalue weighted by molar-refractivity contribution is 0.612. The topological polar surface area (TPSA) is 140 Å². The summed E-state index contributed by atoms with van der Waals surface area (Å²) in [4.78, 5) is 26.9. The third-order valence-electron chi connectivity index (χ3n) is 4.78. The summed E-state index contributed by atoms with van der Waals surface area (Å²) in [6.07, 6.45) is 0. The molecule has 0 radical (unpaired) electrons. The van der Waals surface area contributed by atoms with Crippen molar-refractivity contribution < 1.29 is 8.78 Å². The van der Waals surface area contributed by atoms with E-state index in [1.807, 2.05) is 6.07 Å². The van der Waals surface area contributed by atoms with E-state index < -0.39 is 28.1 Å². The normalized spacial score (nSPS) is 10.8. The number of hydrogen-bond donors (Lipinski definition) is 2. The molecule has 0 saturated carbocycles. The Bertz CT molecular complexity index is 1450. The van der Waals surface area contributed by atoms with Crippen molar-refractivity contribution in [1.29, 1.82) is 5.26 Å². The van der Waals surface area contributed by atoms with Gasteiger partial charge in [-0.15, -0.1) is 0 Å². The zero-order chi connectivity index (χ0) is 23.0. The fourth-order valence-electron chi connectivity index (χ4n) is 3.37. The van der Waals surface area contributed by atoms with Crippen LogP contribution in [0.1, 0.15) is 12.5 Å². The smallest absolute Gasteiger partial charge is 0.270 e. The van der Waals surface area contributed by atoms with Crippen LogP contribution in [-0.4, -0.2) is 26.1 Å². The minimum absolute atomic E-state index is 0.0206. The van der Waals surface area contributed by atoms with Gasteiger partial charge >= 0.3 is 0 Å². The van der Waals surface area contributed by atoms with Crippen LogP contribution in [0.25, 0.3) is 16.6 Å². The molecule has 0 fully saturated rings. The molecule has 0 atom stereocenters. The Morgan fingerprint density at radius 3 is 2.41 bits per heavy atom. The summed E-state index contributed by atoms with van der Waals surface area (Å²) in [6, 6.07) is 12.0. The number of benzene rings is 2. The average molecular weight is 434 g/mol. The van der Waals surface area contributed by atoms with E-state index >= 15 is 0 Å². The molecule has 2 aromatic heterocycles. The number of nitrogens with zero attached hydrogens (tertiary/aromatic N) is 6. The molecule has 4 N–H and O–H groups in total. The summed E-state index contributed by atoms with van der Waals surface area (Å²) in [5.41, 5.74) is 10.5. The second-order valence-electron chi connectivity index (χ2n) is 6.66. The Labute approximate surface area is 180 Å². The lowest BCUT2D eigenvalue weighted by atomic mass is 10.2. The third-order valence-corrected chi connectivity index (χ3v) is 4.78. The first-order valence-corrected chi connectivity index (χ1v) is 9.44. The molecule has 0 aliphatic heterocycles. The van der Waals surface area contributed by atoms with Gasteiger partial charge in [0.2, 0.25) is 11.9 Å². The monoisotopic (exact) mass is 434 g/mol. The molecule has 4 rings (SSSR count). The van der Waals surface area contributed by atoms with Crippen molar-refractivity contribution in [3.05, 3.63) is 70.0 Å². The molecule has 0 amide bonds. The summed E-state index contributed by atoms with van der Waals surface area (Å²) in [7, 11) is 0. The number of fused-ring (bicyclic) bond motifs is 1. The van der Waals surface area contributed by atoms with E-state index in [0.717, 1.165) is 16.7 Å². The van der Waals surface area contributed by atoms with Gasteiger partial charge in [0, 0.05) is 6.54 Å². The molecule has 2 aromatic carbocycles. The van der Waals surface area contributed by atoms with Crippen LogP contribution in [0.5, 0.6) is 0 Å². The molecule has 0 unspecified atom stereocenters. The summed E-state index contributed by atoms with van der Waals surface area (Å²) in [5.74, 6) is -2.28. The molecule has 0 saturated heterocycles. The lowest BCUT2D eigenvalue weighted by Gasteiger charge is -2.25. The Balaban J connectivity index is 2.16. The fourth-order valence-corrected chi connectivity index (χ4v) is 3.37. The van der Waals surface area contributed by atoms with Crippen LogP contribution in [-0.2, 0) is 0 Å². The maximum Gasteiger partial charge on any atom is 0.270 e. The van der Waals surface area contributed by atoms with Gasteiger partial charge in [0.05, 0.1) is 5.69 Å². The summed E-state index contributed by atoms with van der Waals surface area (Å²) in [5, 5.41) is 9.09. The first kappa shape index (κ1) is 20.7. The average Bonchev–Trinajstić information content (AvgIpc) is 2.77. The largest absolute Gasteiger partial charge is 0.382 e. The fraction of sp³-hybridized carbons (Fsp3) is 0.0952. The number of halogens is 2. The number of anilines is 4. The Morgan fingerprint density at radius 1 is 1.06 bits per heavy atom. The van der Waals surface area contributed by atoms with Crippen LogP contribution in [0.3, 0.4) is 0 Å². The molecule has 0 aliphatic carbocycles. The van der Waals surface area contributed by atoms with E-state index in [-0.39, 0.29) is 35.6 Å². The van der Waals surface area contributed by atoms with Gasteiger partial charge < -0.3 is 11.5 Å². The highest BCUT2D eigenvalue weighted by atomic mass is 19.1. The first-order chi connectivity index (χ1) is 15.4. The number of aromatic nitrogens is 4. The summed E-state index contributed by atoms with van der Waals surface area (Å²) < 4.78 is 30.3. The highest BCUT2D eigenvalue weighted by molar-refractivity contribution is 5.82. The quantitative estimate of drug-likeness (QED) is 0.500. The highest BCUT2D eigenvalue weighted by Gasteiger charge is 2.26. The number of nitrogen functional groups attached to an aromatic ring is 2. The van der Waals surface area contributed by atoms with E-state index in [1.54, 1.807) is 37.3 Å². The molecule has 4 aromatic rings. The molecule has 2 heterocycles. The second kappa shape index (κ2) is 7.92. The van der Waals surface area contributed by atoms with Crippen molar-refractivity contribution in [2.75, 3.05) is 22.9 Å². The minimum Gasteiger partial charge on any atom is -0.382 e. The van der Waals surface area contributed by atoms with Crippen molar-refractivity contribution in [1.82, 2.24) is 19.5 Å². The lowest BCUT2D eigenvalue weighted by Crippen LogP contribution is -2.31.